The molecule has 1 aliphatic rings. The van der Waals surface area contributed by atoms with Crippen molar-refractivity contribution in [3.63, 3.8) is 0 Å². The van der Waals surface area contributed by atoms with Gasteiger partial charge < -0.3 is 4.98 Å². The number of hydrogen-bond acceptors (Lipinski definition) is 3. The molecule has 2 heterocycles. The molecule has 0 bridgehead atoms. The van der Waals surface area contributed by atoms with Crippen molar-refractivity contribution >= 4 is 11.0 Å². The molecule has 17 heavy (non-hydrogen) atoms. The molecule has 3 rings (SSSR count). The number of nitrogens with zero attached hydrogens (tertiary/aromatic N) is 3. The lowest BCUT2D eigenvalue weighted by atomic mass is 9.89. The van der Waals surface area contributed by atoms with Gasteiger partial charge >= 0.3 is 0 Å². The van der Waals surface area contributed by atoms with Crippen molar-refractivity contribution in [1.82, 2.24) is 19.7 Å². The van der Waals surface area contributed by atoms with Crippen molar-refractivity contribution in [2.75, 3.05) is 0 Å². The Balaban J connectivity index is 2.07. The van der Waals surface area contributed by atoms with Crippen molar-refractivity contribution in [3.8, 4) is 0 Å². The largest absolute Gasteiger partial charge is 0.340 e. The minimum Gasteiger partial charge on any atom is -0.340 e. The Morgan fingerprint density at radius 2 is 2.12 bits per heavy atom. The summed E-state index contributed by atoms with van der Waals surface area (Å²) >= 11 is 0. The Bertz CT molecular complexity index is 592. The van der Waals surface area contributed by atoms with Crippen LogP contribution in [0.25, 0.3) is 11.0 Å². The maximum Gasteiger partial charge on any atom is 0.294 e. The quantitative estimate of drug-likeness (QED) is 0.814. The number of aromatic nitrogens is 4. The Hall–Kier alpha value is -1.65. The van der Waals surface area contributed by atoms with Crippen molar-refractivity contribution < 1.29 is 0 Å². The van der Waals surface area contributed by atoms with Crippen LogP contribution in [0.5, 0.6) is 0 Å². The predicted molar refractivity (Wildman–Crippen MR) is 65.0 cm³/mol. The van der Waals surface area contributed by atoms with E-state index in [9.17, 15) is 4.79 Å². The van der Waals surface area contributed by atoms with E-state index in [4.69, 9.17) is 0 Å². The molecule has 0 aromatic carbocycles. The van der Waals surface area contributed by atoms with E-state index in [-0.39, 0.29) is 5.56 Å². The fraction of sp³-hybridized carbons (Fsp3) is 0.583. The zero-order chi connectivity index (χ0) is 11.8. The zero-order valence-electron chi connectivity index (χ0n) is 9.94. The number of imidazole rings is 1. The van der Waals surface area contributed by atoms with E-state index >= 15 is 0 Å². The van der Waals surface area contributed by atoms with Crippen molar-refractivity contribution in [2.45, 2.75) is 38.0 Å². The van der Waals surface area contributed by atoms with Crippen LogP contribution >= 0.6 is 0 Å². The molecule has 2 aromatic heterocycles. The molecular weight excluding hydrogens is 216 g/mol. The van der Waals surface area contributed by atoms with Gasteiger partial charge in [-0.1, -0.05) is 19.3 Å². The smallest absolute Gasteiger partial charge is 0.294 e. The molecule has 0 saturated heterocycles. The maximum atomic E-state index is 11.8. The highest BCUT2D eigenvalue weighted by Gasteiger charge is 2.19. The van der Waals surface area contributed by atoms with E-state index in [1.165, 1.54) is 36.8 Å². The highest BCUT2D eigenvalue weighted by molar-refractivity contribution is 5.72. The molecule has 0 amide bonds. The Kier molecular flexibility index (Phi) is 2.46. The SMILES string of the molecule is Cn1ncc2[nH]c(C3CCCCC3)nc2c1=O. The zero-order valence-corrected chi connectivity index (χ0v) is 9.94. The van der Waals surface area contributed by atoms with Crippen LogP contribution in [0.4, 0.5) is 0 Å². The highest BCUT2D eigenvalue weighted by atomic mass is 16.1. The standard InChI is InChI=1S/C12H16N4O/c1-16-12(17)10-9(7-13-16)14-11(15-10)8-5-3-2-4-6-8/h7-8H,2-6H2,1H3,(H,14,15). The summed E-state index contributed by atoms with van der Waals surface area (Å²) in [5.74, 6) is 1.45. The second-order valence-electron chi connectivity index (χ2n) is 4.79. The van der Waals surface area contributed by atoms with Gasteiger partial charge in [-0.3, -0.25) is 4.79 Å². The van der Waals surface area contributed by atoms with Crippen molar-refractivity contribution in [3.05, 3.63) is 22.4 Å². The van der Waals surface area contributed by atoms with Gasteiger partial charge in [-0.05, 0) is 12.8 Å². The van der Waals surface area contributed by atoms with Crippen LogP contribution in [0.1, 0.15) is 43.8 Å². The second-order valence-corrected chi connectivity index (χ2v) is 4.79. The number of fused-ring (bicyclic) bond motifs is 1. The third kappa shape index (κ3) is 1.75. The van der Waals surface area contributed by atoms with Gasteiger partial charge in [-0.25, -0.2) is 9.67 Å². The lowest BCUT2D eigenvalue weighted by molar-refractivity contribution is 0.431. The number of rotatable bonds is 1. The molecule has 90 valence electrons. The van der Waals surface area contributed by atoms with Gasteiger partial charge in [-0.15, -0.1) is 0 Å². The molecule has 0 radical (unpaired) electrons. The summed E-state index contributed by atoms with van der Waals surface area (Å²) in [5, 5.41) is 4.00. The van der Waals surface area contributed by atoms with Crippen molar-refractivity contribution in [1.29, 1.82) is 0 Å². The van der Waals surface area contributed by atoms with E-state index in [1.54, 1.807) is 13.2 Å². The summed E-state index contributed by atoms with van der Waals surface area (Å²) in [6, 6.07) is 0. The minimum atomic E-state index is -0.124. The number of nitrogens with one attached hydrogen (secondary N) is 1. The van der Waals surface area contributed by atoms with Gasteiger partial charge in [0.1, 0.15) is 5.82 Å². The molecule has 5 nitrogen and oxygen atoms in total. The number of H-pyrrole nitrogens is 1. The summed E-state index contributed by atoms with van der Waals surface area (Å²) in [6.45, 7) is 0. The Labute approximate surface area is 98.9 Å². The van der Waals surface area contributed by atoms with Gasteiger partial charge in [0.05, 0.1) is 11.7 Å². The first-order valence-electron chi connectivity index (χ1n) is 6.17. The van der Waals surface area contributed by atoms with Crippen LogP contribution in [0.15, 0.2) is 11.0 Å². The highest BCUT2D eigenvalue weighted by Crippen LogP contribution is 2.31. The summed E-state index contributed by atoms with van der Waals surface area (Å²) < 4.78 is 1.33. The van der Waals surface area contributed by atoms with Crippen LogP contribution in [-0.2, 0) is 7.05 Å². The molecule has 0 unspecified atom stereocenters. The molecule has 1 aliphatic carbocycles. The van der Waals surface area contributed by atoms with Gasteiger partial charge in [0.2, 0.25) is 0 Å². The average molecular weight is 232 g/mol. The minimum absolute atomic E-state index is 0.124. The average Bonchev–Trinajstić information content (AvgIpc) is 2.80. The Morgan fingerprint density at radius 3 is 2.88 bits per heavy atom. The molecule has 2 aromatic rings. The van der Waals surface area contributed by atoms with Crippen LogP contribution < -0.4 is 5.56 Å². The number of aromatic amines is 1. The van der Waals surface area contributed by atoms with Crippen LogP contribution in [0.2, 0.25) is 0 Å². The summed E-state index contributed by atoms with van der Waals surface area (Å²) in [5.41, 5.74) is 1.15. The van der Waals surface area contributed by atoms with Crippen LogP contribution in [-0.4, -0.2) is 19.7 Å². The molecular formula is C12H16N4O. The molecule has 1 fully saturated rings. The normalized spacial score (nSPS) is 17.7. The monoisotopic (exact) mass is 232 g/mol. The molecule has 0 aliphatic heterocycles. The van der Waals surface area contributed by atoms with Gasteiger partial charge in [0, 0.05) is 13.0 Å². The molecule has 0 spiro atoms. The summed E-state index contributed by atoms with van der Waals surface area (Å²) in [7, 11) is 1.65. The van der Waals surface area contributed by atoms with Crippen molar-refractivity contribution in [2.24, 2.45) is 7.05 Å². The molecule has 0 atom stereocenters. The third-order valence-corrected chi connectivity index (χ3v) is 3.60. The lowest BCUT2D eigenvalue weighted by Crippen LogP contribution is -2.19. The first-order valence-corrected chi connectivity index (χ1v) is 6.17. The van der Waals surface area contributed by atoms with Gasteiger partial charge in [0.25, 0.3) is 5.56 Å². The van der Waals surface area contributed by atoms with E-state index < -0.39 is 0 Å². The summed E-state index contributed by atoms with van der Waals surface area (Å²) in [4.78, 5) is 19.6. The van der Waals surface area contributed by atoms with E-state index in [1.807, 2.05) is 0 Å². The van der Waals surface area contributed by atoms with Gasteiger partial charge in [0.15, 0.2) is 5.52 Å². The predicted octanol–water partition coefficient (Wildman–Crippen LogP) is 1.70. The maximum absolute atomic E-state index is 11.8. The fourth-order valence-corrected chi connectivity index (χ4v) is 2.58. The first kappa shape index (κ1) is 10.5. The lowest BCUT2D eigenvalue weighted by Gasteiger charge is -2.18. The second kappa shape index (κ2) is 3.98. The topological polar surface area (TPSA) is 63.6 Å². The van der Waals surface area contributed by atoms with E-state index in [0.29, 0.717) is 11.4 Å². The molecule has 1 N–H and O–H groups in total. The van der Waals surface area contributed by atoms with Crippen LogP contribution in [0.3, 0.4) is 0 Å². The third-order valence-electron chi connectivity index (χ3n) is 3.60. The van der Waals surface area contributed by atoms with Gasteiger partial charge in [-0.2, -0.15) is 5.10 Å². The Morgan fingerprint density at radius 1 is 1.35 bits per heavy atom. The fourth-order valence-electron chi connectivity index (χ4n) is 2.58. The number of hydrogen-bond donors (Lipinski definition) is 1. The van der Waals surface area contributed by atoms with Crippen LogP contribution in [0, 0.1) is 0 Å². The molecule has 1 saturated carbocycles. The molecule has 5 heteroatoms. The first-order chi connectivity index (χ1) is 8.25. The van der Waals surface area contributed by atoms with E-state index in [2.05, 4.69) is 15.1 Å². The van der Waals surface area contributed by atoms with E-state index in [0.717, 1.165) is 11.3 Å². The summed E-state index contributed by atoms with van der Waals surface area (Å²) in [6.07, 6.45) is 7.87. The number of aryl methyl sites for hydroxylation is 1.